The maximum Gasteiger partial charge on any atom is 0.219 e. The molecule has 1 heterocycles. The Labute approximate surface area is 125 Å². The molecule has 1 aliphatic carbocycles. The van der Waals surface area contributed by atoms with Crippen molar-refractivity contribution in [3.05, 3.63) is 42.2 Å². The second-order valence-corrected chi connectivity index (χ2v) is 5.65. The number of nitrogens with zero attached hydrogens (tertiary/aromatic N) is 3. The summed E-state index contributed by atoms with van der Waals surface area (Å²) in [7, 11) is 1.88. The molecule has 0 unspecified atom stereocenters. The van der Waals surface area contributed by atoms with Crippen molar-refractivity contribution < 1.29 is 0 Å². The molecular formula is C17H20N4. The van der Waals surface area contributed by atoms with E-state index in [1.54, 1.807) is 12.4 Å². The first kappa shape index (κ1) is 13.7. The Morgan fingerprint density at radius 2 is 1.71 bits per heavy atom. The highest BCUT2D eigenvalue weighted by Gasteiger charge is 2.40. The van der Waals surface area contributed by atoms with Crippen LogP contribution in [-0.2, 0) is 5.41 Å². The Bertz CT molecular complexity index is 652. The molecule has 3 rings (SSSR count). The van der Waals surface area contributed by atoms with Crippen LogP contribution in [-0.4, -0.2) is 22.7 Å². The van der Waals surface area contributed by atoms with Crippen LogP contribution in [0, 0.1) is 0 Å². The van der Waals surface area contributed by atoms with Gasteiger partial charge >= 0.3 is 0 Å². The molecule has 108 valence electrons. The summed E-state index contributed by atoms with van der Waals surface area (Å²) < 4.78 is 0. The summed E-state index contributed by atoms with van der Waals surface area (Å²) in [6.07, 6.45) is 7.19. The minimum atomic E-state index is 0.158. The molecule has 0 aliphatic heterocycles. The molecule has 1 aliphatic rings. The first-order valence-electron chi connectivity index (χ1n) is 7.28. The van der Waals surface area contributed by atoms with Crippen LogP contribution in [0.1, 0.15) is 31.7 Å². The number of hydrogen-bond donors (Lipinski definition) is 1. The third kappa shape index (κ3) is 2.31. The zero-order valence-electron chi connectivity index (χ0n) is 12.5. The van der Waals surface area contributed by atoms with Gasteiger partial charge < -0.3 is 5.73 Å². The van der Waals surface area contributed by atoms with E-state index in [2.05, 4.69) is 46.1 Å². The second-order valence-electron chi connectivity index (χ2n) is 5.65. The van der Waals surface area contributed by atoms with E-state index in [1.807, 2.05) is 7.05 Å². The van der Waals surface area contributed by atoms with Gasteiger partial charge in [-0.3, -0.25) is 4.99 Å². The lowest BCUT2D eigenvalue weighted by Crippen LogP contribution is -2.41. The third-order valence-electron chi connectivity index (χ3n) is 4.68. The van der Waals surface area contributed by atoms with Crippen LogP contribution in [0.2, 0.25) is 0 Å². The summed E-state index contributed by atoms with van der Waals surface area (Å²) >= 11 is 0. The molecule has 2 aromatic rings. The van der Waals surface area contributed by atoms with Gasteiger partial charge in [-0.25, -0.2) is 9.97 Å². The number of anilines is 1. The van der Waals surface area contributed by atoms with Gasteiger partial charge in [0.2, 0.25) is 5.95 Å². The van der Waals surface area contributed by atoms with Crippen molar-refractivity contribution in [2.75, 3.05) is 12.8 Å². The average Bonchev–Trinajstić information content (AvgIpc) is 2.47. The number of hydrogen-bond acceptors (Lipinski definition) is 4. The summed E-state index contributed by atoms with van der Waals surface area (Å²) in [6.45, 7) is 2.14. The van der Waals surface area contributed by atoms with Crippen molar-refractivity contribution >= 4 is 11.7 Å². The number of rotatable bonds is 3. The molecule has 0 saturated heterocycles. The highest BCUT2D eigenvalue weighted by atomic mass is 15.0. The number of aliphatic imine (C=N–C) groups is 1. The molecule has 0 radical (unpaired) electrons. The Hall–Kier alpha value is -2.23. The van der Waals surface area contributed by atoms with Gasteiger partial charge in [0.15, 0.2) is 0 Å². The van der Waals surface area contributed by atoms with Crippen LogP contribution in [0.4, 0.5) is 5.95 Å². The zero-order valence-corrected chi connectivity index (χ0v) is 12.5. The lowest BCUT2D eigenvalue weighted by atomic mass is 9.62. The second kappa shape index (κ2) is 5.28. The van der Waals surface area contributed by atoms with Gasteiger partial charge in [-0.05, 0) is 30.9 Å². The van der Waals surface area contributed by atoms with Crippen LogP contribution in [0.25, 0.3) is 11.1 Å². The molecule has 1 aromatic heterocycles. The molecule has 21 heavy (non-hydrogen) atoms. The molecule has 1 fully saturated rings. The van der Waals surface area contributed by atoms with E-state index < -0.39 is 0 Å². The predicted octanol–water partition coefficient (Wildman–Crippen LogP) is 3.24. The van der Waals surface area contributed by atoms with Gasteiger partial charge in [0.05, 0.1) is 0 Å². The third-order valence-corrected chi connectivity index (χ3v) is 4.68. The molecule has 0 bridgehead atoms. The van der Waals surface area contributed by atoms with E-state index in [9.17, 15) is 0 Å². The summed E-state index contributed by atoms with van der Waals surface area (Å²) in [5.74, 6) is 0.304. The molecule has 0 amide bonds. The van der Waals surface area contributed by atoms with Gasteiger partial charge in [-0.1, -0.05) is 30.7 Å². The normalized spacial score (nSPS) is 17.3. The van der Waals surface area contributed by atoms with Crippen LogP contribution < -0.4 is 5.73 Å². The standard InChI is InChI=1S/C17H20N4/c1-12(19-2)17(8-3-9-17)15-6-4-13(5-7-15)14-10-20-16(18)21-11-14/h4-7,10-11H,3,8-9H2,1-2H3,(H2,18,20,21). The highest BCUT2D eigenvalue weighted by Crippen LogP contribution is 2.45. The Morgan fingerprint density at radius 3 is 2.19 bits per heavy atom. The van der Waals surface area contributed by atoms with Crippen LogP contribution in [0.5, 0.6) is 0 Å². The van der Waals surface area contributed by atoms with Gasteiger partial charge in [0.25, 0.3) is 0 Å². The quantitative estimate of drug-likeness (QED) is 0.878. The van der Waals surface area contributed by atoms with Gasteiger partial charge in [-0.2, -0.15) is 0 Å². The summed E-state index contributed by atoms with van der Waals surface area (Å²) in [5.41, 5.74) is 10.4. The van der Waals surface area contributed by atoms with E-state index in [0.29, 0.717) is 5.95 Å². The lowest BCUT2D eigenvalue weighted by molar-refractivity contribution is 0.339. The fraction of sp³-hybridized carbons (Fsp3) is 0.353. The van der Waals surface area contributed by atoms with Crippen molar-refractivity contribution in [1.29, 1.82) is 0 Å². The first-order chi connectivity index (χ1) is 10.2. The Morgan fingerprint density at radius 1 is 1.10 bits per heavy atom. The topological polar surface area (TPSA) is 64.2 Å². The molecule has 2 N–H and O–H groups in total. The highest BCUT2D eigenvalue weighted by molar-refractivity contribution is 5.94. The predicted molar refractivity (Wildman–Crippen MR) is 86.4 cm³/mol. The van der Waals surface area contributed by atoms with Crippen molar-refractivity contribution in [3.8, 4) is 11.1 Å². The van der Waals surface area contributed by atoms with Crippen molar-refractivity contribution in [2.45, 2.75) is 31.6 Å². The van der Waals surface area contributed by atoms with Gasteiger partial charge in [0.1, 0.15) is 0 Å². The van der Waals surface area contributed by atoms with E-state index in [-0.39, 0.29) is 5.41 Å². The largest absolute Gasteiger partial charge is 0.368 e. The molecule has 4 nitrogen and oxygen atoms in total. The van der Waals surface area contributed by atoms with E-state index in [4.69, 9.17) is 5.73 Å². The van der Waals surface area contributed by atoms with Gasteiger partial charge in [-0.15, -0.1) is 0 Å². The Balaban J connectivity index is 1.92. The minimum absolute atomic E-state index is 0.158. The lowest BCUT2D eigenvalue weighted by Gasteiger charge is -2.42. The first-order valence-corrected chi connectivity index (χ1v) is 7.28. The summed E-state index contributed by atoms with van der Waals surface area (Å²) in [6, 6.07) is 8.68. The SMILES string of the molecule is CN=C(C)C1(c2ccc(-c3cnc(N)nc3)cc2)CCC1. The molecule has 0 spiro atoms. The summed E-state index contributed by atoms with van der Waals surface area (Å²) in [4.78, 5) is 12.5. The molecule has 0 atom stereocenters. The van der Waals surface area contributed by atoms with Crippen molar-refractivity contribution in [3.63, 3.8) is 0 Å². The van der Waals surface area contributed by atoms with E-state index >= 15 is 0 Å². The number of nitrogens with two attached hydrogens (primary N) is 1. The maximum absolute atomic E-state index is 5.52. The van der Waals surface area contributed by atoms with Crippen LogP contribution in [0.3, 0.4) is 0 Å². The summed E-state index contributed by atoms with van der Waals surface area (Å²) in [5, 5.41) is 0. The Kier molecular flexibility index (Phi) is 3.45. The molecular weight excluding hydrogens is 260 g/mol. The van der Waals surface area contributed by atoms with Crippen LogP contribution in [0.15, 0.2) is 41.7 Å². The molecule has 1 saturated carbocycles. The minimum Gasteiger partial charge on any atom is -0.368 e. The van der Waals surface area contributed by atoms with Gasteiger partial charge in [0, 0.05) is 36.1 Å². The monoisotopic (exact) mass is 280 g/mol. The number of benzene rings is 1. The maximum atomic E-state index is 5.52. The van der Waals surface area contributed by atoms with E-state index in [0.717, 1.165) is 11.1 Å². The van der Waals surface area contributed by atoms with Crippen LogP contribution >= 0.6 is 0 Å². The van der Waals surface area contributed by atoms with Crippen molar-refractivity contribution in [1.82, 2.24) is 9.97 Å². The fourth-order valence-corrected chi connectivity index (χ4v) is 3.07. The van der Waals surface area contributed by atoms with E-state index in [1.165, 1.54) is 30.5 Å². The molecule has 1 aromatic carbocycles. The number of aromatic nitrogens is 2. The zero-order chi connectivity index (χ0) is 14.9. The molecule has 4 heteroatoms. The smallest absolute Gasteiger partial charge is 0.219 e. The number of nitrogen functional groups attached to an aromatic ring is 1. The fourth-order valence-electron chi connectivity index (χ4n) is 3.07. The van der Waals surface area contributed by atoms with Crippen molar-refractivity contribution in [2.24, 2.45) is 4.99 Å². The average molecular weight is 280 g/mol.